The zero-order valence-corrected chi connectivity index (χ0v) is 10.3. The van der Waals surface area contributed by atoms with E-state index < -0.39 is 5.38 Å². The molecule has 0 bridgehead atoms. The van der Waals surface area contributed by atoms with Gasteiger partial charge in [-0.05, 0) is 20.8 Å². The van der Waals surface area contributed by atoms with Crippen molar-refractivity contribution in [3.05, 3.63) is 0 Å². The topological polar surface area (TPSA) is 49.4 Å². The van der Waals surface area contributed by atoms with Crippen molar-refractivity contribution >= 4 is 23.4 Å². The molecule has 0 heterocycles. The molecule has 88 valence electrons. The average molecular weight is 235 g/mol. The van der Waals surface area contributed by atoms with Gasteiger partial charge in [-0.1, -0.05) is 0 Å². The van der Waals surface area contributed by atoms with Gasteiger partial charge in [0, 0.05) is 26.1 Å². The first-order chi connectivity index (χ1) is 7.02. The maximum Gasteiger partial charge on any atom is 0.237 e. The molecule has 0 aromatic rings. The molecule has 0 saturated heterocycles. The lowest BCUT2D eigenvalue weighted by Gasteiger charge is -2.18. The SMILES string of the molecule is CCN(CC)C(=O)CCNC(=O)C(C)Cl. The highest BCUT2D eigenvalue weighted by molar-refractivity contribution is 6.30. The summed E-state index contributed by atoms with van der Waals surface area (Å²) in [6.45, 7) is 7.22. The fraction of sp³-hybridized carbons (Fsp3) is 0.800. The van der Waals surface area contributed by atoms with Gasteiger partial charge in [0.25, 0.3) is 0 Å². The van der Waals surface area contributed by atoms with Gasteiger partial charge in [0.05, 0.1) is 0 Å². The van der Waals surface area contributed by atoms with E-state index in [0.29, 0.717) is 26.1 Å². The Morgan fingerprint density at radius 3 is 2.27 bits per heavy atom. The van der Waals surface area contributed by atoms with Gasteiger partial charge in [-0.15, -0.1) is 11.6 Å². The van der Waals surface area contributed by atoms with E-state index in [1.54, 1.807) is 11.8 Å². The van der Waals surface area contributed by atoms with Gasteiger partial charge in [0.2, 0.25) is 11.8 Å². The predicted molar refractivity (Wildman–Crippen MR) is 60.9 cm³/mol. The van der Waals surface area contributed by atoms with Crippen LogP contribution in [0.15, 0.2) is 0 Å². The van der Waals surface area contributed by atoms with Crippen LogP contribution < -0.4 is 5.32 Å². The standard InChI is InChI=1S/C10H19ClN2O2/c1-4-13(5-2)9(14)6-7-12-10(15)8(3)11/h8H,4-7H2,1-3H3,(H,12,15). The van der Waals surface area contributed by atoms with Gasteiger partial charge in [-0.3, -0.25) is 9.59 Å². The second kappa shape index (κ2) is 7.51. The minimum Gasteiger partial charge on any atom is -0.354 e. The number of alkyl halides is 1. The van der Waals surface area contributed by atoms with Crippen molar-refractivity contribution in [2.75, 3.05) is 19.6 Å². The maximum atomic E-state index is 11.5. The van der Waals surface area contributed by atoms with Gasteiger partial charge in [-0.2, -0.15) is 0 Å². The van der Waals surface area contributed by atoms with E-state index in [4.69, 9.17) is 11.6 Å². The number of hydrogen-bond acceptors (Lipinski definition) is 2. The largest absolute Gasteiger partial charge is 0.354 e. The van der Waals surface area contributed by atoms with Crippen LogP contribution >= 0.6 is 11.6 Å². The van der Waals surface area contributed by atoms with Crippen LogP contribution in [0.25, 0.3) is 0 Å². The zero-order chi connectivity index (χ0) is 11.8. The van der Waals surface area contributed by atoms with Crippen molar-refractivity contribution in [2.24, 2.45) is 0 Å². The van der Waals surface area contributed by atoms with E-state index in [1.807, 2.05) is 13.8 Å². The lowest BCUT2D eigenvalue weighted by atomic mass is 10.3. The van der Waals surface area contributed by atoms with Gasteiger partial charge in [0.15, 0.2) is 0 Å². The Balaban J connectivity index is 3.76. The Bertz CT molecular complexity index is 215. The first-order valence-corrected chi connectivity index (χ1v) is 5.66. The molecule has 0 fully saturated rings. The number of amides is 2. The Morgan fingerprint density at radius 1 is 1.33 bits per heavy atom. The highest BCUT2D eigenvalue weighted by Crippen LogP contribution is 1.95. The van der Waals surface area contributed by atoms with Crippen LogP contribution in [0.1, 0.15) is 27.2 Å². The molecule has 0 radical (unpaired) electrons. The van der Waals surface area contributed by atoms with E-state index in [0.717, 1.165) is 0 Å². The number of nitrogens with one attached hydrogen (secondary N) is 1. The Morgan fingerprint density at radius 2 is 1.87 bits per heavy atom. The van der Waals surface area contributed by atoms with E-state index in [-0.39, 0.29) is 11.8 Å². The molecule has 5 heteroatoms. The Labute approximate surface area is 96.0 Å². The maximum absolute atomic E-state index is 11.5. The quantitative estimate of drug-likeness (QED) is 0.697. The summed E-state index contributed by atoms with van der Waals surface area (Å²) in [5, 5.41) is 2.05. The molecule has 15 heavy (non-hydrogen) atoms. The van der Waals surface area contributed by atoms with Crippen molar-refractivity contribution < 1.29 is 9.59 Å². The molecule has 0 aliphatic heterocycles. The van der Waals surface area contributed by atoms with Crippen LogP contribution in [0, 0.1) is 0 Å². The van der Waals surface area contributed by atoms with E-state index in [2.05, 4.69) is 5.32 Å². The smallest absolute Gasteiger partial charge is 0.237 e. The summed E-state index contributed by atoms with van der Waals surface area (Å²) in [5.74, 6) is -0.175. The molecule has 0 saturated carbocycles. The van der Waals surface area contributed by atoms with Crippen molar-refractivity contribution in [1.82, 2.24) is 10.2 Å². The number of carbonyl (C=O) groups is 2. The molecular weight excluding hydrogens is 216 g/mol. The van der Waals surface area contributed by atoms with Crippen molar-refractivity contribution in [2.45, 2.75) is 32.6 Å². The minimum atomic E-state index is -0.548. The van der Waals surface area contributed by atoms with Crippen LogP contribution in [0.2, 0.25) is 0 Å². The van der Waals surface area contributed by atoms with Crippen molar-refractivity contribution in [3.8, 4) is 0 Å². The van der Waals surface area contributed by atoms with Gasteiger partial charge in [0.1, 0.15) is 5.38 Å². The van der Waals surface area contributed by atoms with E-state index in [9.17, 15) is 9.59 Å². The average Bonchev–Trinajstić information content (AvgIpc) is 2.19. The van der Waals surface area contributed by atoms with E-state index in [1.165, 1.54) is 0 Å². The first kappa shape index (κ1) is 14.2. The zero-order valence-electron chi connectivity index (χ0n) is 9.55. The second-order valence-corrected chi connectivity index (χ2v) is 3.88. The van der Waals surface area contributed by atoms with Crippen LogP contribution in [0.4, 0.5) is 0 Å². The Hall–Kier alpha value is -0.770. The molecule has 1 atom stereocenters. The van der Waals surface area contributed by atoms with Crippen LogP contribution in [-0.2, 0) is 9.59 Å². The molecule has 1 N–H and O–H groups in total. The summed E-state index contributed by atoms with van der Waals surface area (Å²) in [7, 11) is 0. The molecule has 2 amide bonds. The van der Waals surface area contributed by atoms with Crippen LogP contribution in [0.3, 0.4) is 0 Å². The fourth-order valence-electron chi connectivity index (χ4n) is 1.17. The normalized spacial score (nSPS) is 12.0. The highest BCUT2D eigenvalue weighted by atomic mass is 35.5. The van der Waals surface area contributed by atoms with Crippen LogP contribution in [-0.4, -0.2) is 41.7 Å². The first-order valence-electron chi connectivity index (χ1n) is 5.22. The van der Waals surface area contributed by atoms with Gasteiger partial charge in [-0.25, -0.2) is 0 Å². The highest BCUT2D eigenvalue weighted by Gasteiger charge is 2.11. The molecule has 0 spiro atoms. The van der Waals surface area contributed by atoms with Crippen molar-refractivity contribution in [3.63, 3.8) is 0 Å². The number of carbonyl (C=O) groups excluding carboxylic acids is 2. The van der Waals surface area contributed by atoms with E-state index >= 15 is 0 Å². The van der Waals surface area contributed by atoms with Crippen molar-refractivity contribution in [1.29, 1.82) is 0 Å². The number of halogens is 1. The third-order valence-corrected chi connectivity index (χ3v) is 2.31. The summed E-state index contributed by atoms with van der Waals surface area (Å²) in [5.41, 5.74) is 0. The summed E-state index contributed by atoms with van der Waals surface area (Å²) in [6.07, 6.45) is 0.330. The minimum absolute atomic E-state index is 0.0579. The number of nitrogens with zero attached hydrogens (tertiary/aromatic N) is 1. The third kappa shape index (κ3) is 5.62. The summed E-state index contributed by atoms with van der Waals surface area (Å²) < 4.78 is 0. The van der Waals surface area contributed by atoms with Gasteiger partial charge < -0.3 is 10.2 Å². The second-order valence-electron chi connectivity index (χ2n) is 3.22. The monoisotopic (exact) mass is 234 g/mol. The molecule has 1 unspecified atom stereocenters. The van der Waals surface area contributed by atoms with Crippen LogP contribution in [0.5, 0.6) is 0 Å². The fourth-order valence-corrected chi connectivity index (χ4v) is 1.24. The molecule has 0 rings (SSSR count). The molecule has 0 aromatic carbocycles. The predicted octanol–water partition coefficient (Wildman–Crippen LogP) is 0.988. The third-order valence-electron chi connectivity index (χ3n) is 2.12. The summed E-state index contributed by atoms with van der Waals surface area (Å²) in [6, 6.07) is 0. The lowest BCUT2D eigenvalue weighted by molar-refractivity contribution is -0.130. The number of rotatable bonds is 6. The Kier molecular flexibility index (Phi) is 7.13. The summed E-state index contributed by atoms with van der Waals surface area (Å²) >= 11 is 5.55. The van der Waals surface area contributed by atoms with Gasteiger partial charge >= 0.3 is 0 Å². The molecular formula is C10H19ClN2O2. The molecule has 0 aliphatic rings. The molecule has 0 aromatic heterocycles. The number of hydrogen-bond donors (Lipinski definition) is 1. The molecule has 0 aliphatic carbocycles. The summed E-state index contributed by atoms with van der Waals surface area (Å²) in [4.78, 5) is 24.3. The molecule has 4 nitrogen and oxygen atoms in total. The lowest BCUT2D eigenvalue weighted by Crippen LogP contribution is -2.36.